The fourth-order valence-corrected chi connectivity index (χ4v) is 2.03. The molecule has 0 unspecified atom stereocenters. The first-order chi connectivity index (χ1) is 9.99. The van der Waals surface area contributed by atoms with Crippen molar-refractivity contribution in [2.24, 2.45) is 0 Å². The number of rotatable bonds is 4. The minimum atomic E-state index is -0.369. The molecule has 2 N–H and O–H groups in total. The van der Waals surface area contributed by atoms with Crippen LogP contribution < -0.4 is 10.6 Å². The van der Waals surface area contributed by atoms with Crippen molar-refractivity contribution in [1.82, 2.24) is 15.0 Å². The van der Waals surface area contributed by atoms with Crippen LogP contribution in [-0.2, 0) is 0 Å². The number of aryl methyl sites for hydroxylation is 2. The van der Waals surface area contributed by atoms with Crippen LogP contribution in [0.1, 0.15) is 28.7 Å². The summed E-state index contributed by atoms with van der Waals surface area (Å²) < 4.78 is 0. The van der Waals surface area contributed by atoms with Gasteiger partial charge in [-0.05, 0) is 32.9 Å². The maximum atomic E-state index is 12.3. The van der Waals surface area contributed by atoms with Gasteiger partial charge in [-0.25, -0.2) is 15.0 Å². The second kappa shape index (κ2) is 6.49. The van der Waals surface area contributed by atoms with Gasteiger partial charge in [0.15, 0.2) is 0 Å². The predicted molar refractivity (Wildman–Crippen MR) is 82.9 cm³/mol. The number of nitrogens with zero attached hydrogens (tertiary/aromatic N) is 3. The summed E-state index contributed by atoms with van der Waals surface area (Å²) >= 11 is 6.03. The summed E-state index contributed by atoms with van der Waals surface area (Å²) in [4.78, 5) is 24.7. The molecule has 0 spiro atoms. The van der Waals surface area contributed by atoms with E-state index in [9.17, 15) is 4.79 Å². The summed E-state index contributed by atoms with van der Waals surface area (Å²) in [6.07, 6.45) is 1.44. The van der Waals surface area contributed by atoms with Gasteiger partial charge in [-0.1, -0.05) is 11.6 Å². The van der Waals surface area contributed by atoms with Crippen LogP contribution in [-0.4, -0.2) is 27.4 Å². The highest BCUT2D eigenvalue weighted by Crippen LogP contribution is 2.19. The zero-order valence-corrected chi connectivity index (χ0v) is 12.8. The maximum absolute atomic E-state index is 12.3. The van der Waals surface area contributed by atoms with Crippen molar-refractivity contribution in [3.05, 3.63) is 40.3 Å². The molecule has 2 heterocycles. The minimum Gasteiger partial charge on any atom is -0.370 e. The third-order valence-corrected chi connectivity index (χ3v) is 2.97. The number of hydrogen-bond acceptors (Lipinski definition) is 5. The summed E-state index contributed by atoms with van der Waals surface area (Å²) in [5, 5.41) is 5.96. The van der Waals surface area contributed by atoms with Crippen LogP contribution in [0.2, 0.25) is 5.02 Å². The molecule has 2 rings (SSSR count). The molecule has 0 aliphatic heterocycles. The number of carbonyl (C=O) groups is 1. The molecule has 0 saturated carbocycles. The highest BCUT2D eigenvalue weighted by atomic mass is 35.5. The van der Waals surface area contributed by atoms with E-state index in [0.717, 1.165) is 11.4 Å². The molecule has 0 radical (unpaired) electrons. The Labute approximate surface area is 128 Å². The van der Waals surface area contributed by atoms with Crippen molar-refractivity contribution in [3.63, 3.8) is 0 Å². The number of nitrogens with one attached hydrogen (secondary N) is 2. The minimum absolute atomic E-state index is 0.260. The zero-order chi connectivity index (χ0) is 15.4. The van der Waals surface area contributed by atoms with Gasteiger partial charge in [0.25, 0.3) is 5.91 Å². The van der Waals surface area contributed by atoms with E-state index in [-0.39, 0.29) is 16.9 Å². The summed E-state index contributed by atoms with van der Waals surface area (Å²) in [7, 11) is 0. The molecule has 0 atom stereocenters. The van der Waals surface area contributed by atoms with Gasteiger partial charge in [-0.2, -0.15) is 0 Å². The third-order valence-electron chi connectivity index (χ3n) is 2.67. The molecule has 2 aromatic heterocycles. The first kappa shape index (κ1) is 15.2. The molecule has 0 aliphatic rings. The van der Waals surface area contributed by atoms with Crippen molar-refractivity contribution in [3.8, 4) is 0 Å². The molecule has 6 nitrogen and oxygen atoms in total. The molecular formula is C14H16ClN5O. The SMILES string of the molecule is CCNc1cc(C(=O)Nc2nc(C)cc(C)n2)c(Cl)cn1. The Morgan fingerprint density at radius 3 is 2.52 bits per heavy atom. The number of amides is 1. The van der Waals surface area contributed by atoms with Gasteiger partial charge in [0.05, 0.1) is 10.6 Å². The average molecular weight is 306 g/mol. The summed E-state index contributed by atoms with van der Waals surface area (Å²) in [5.74, 6) is 0.482. The number of halogens is 1. The van der Waals surface area contributed by atoms with E-state index in [1.807, 2.05) is 26.8 Å². The molecule has 7 heteroatoms. The number of aromatic nitrogens is 3. The standard InChI is InChI=1S/C14H16ClN5O/c1-4-16-12-6-10(11(15)7-17-12)13(21)20-14-18-8(2)5-9(3)19-14/h5-7H,4H2,1-3H3,(H,16,17)(H,18,19,20,21). The van der Waals surface area contributed by atoms with Crippen LogP contribution in [0, 0.1) is 13.8 Å². The molecule has 0 aromatic carbocycles. The summed E-state index contributed by atoms with van der Waals surface area (Å²) in [5.41, 5.74) is 1.89. The van der Waals surface area contributed by atoms with Gasteiger partial charge in [-0.3, -0.25) is 10.1 Å². The van der Waals surface area contributed by atoms with E-state index in [0.29, 0.717) is 17.9 Å². The van der Waals surface area contributed by atoms with Gasteiger partial charge in [-0.15, -0.1) is 0 Å². The Bertz CT molecular complexity index is 654. The molecule has 0 saturated heterocycles. The normalized spacial score (nSPS) is 10.3. The first-order valence-electron chi connectivity index (χ1n) is 6.52. The Kier molecular flexibility index (Phi) is 4.70. The number of pyridine rings is 1. The van der Waals surface area contributed by atoms with Crippen LogP contribution in [0.5, 0.6) is 0 Å². The maximum Gasteiger partial charge on any atom is 0.259 e. The topological polar surface area (TPSA) is 79.8 Å². The highest BCUT2D eigenvalue weighted by Gasteiger charge is 2.14. The highest BCUT2D eigenvalue weighted by molar-refractivity contribution is 6.34. The quantitative estimate of drug-likeness (QED) is 0.908. The summed E-state index contributed by atoms with van der Waals surface area (Å²) in [6.45, 7) is 6.33. The lowest BCUT2D eigenvalue weighted by Gasteiger charge is -2.09. The Morgan fingerprint density at radius 1 is 1.24 bits per heavy atom. The van der Waals surface area contributed by atoms with E-state index in [1.165, 1.54) is 6.20 Å². The summed E-state index contributed by atoms with van der Waals surface area (Å²) in [6, 6.07) is 3.43. The van der Waals surface area contributed by atoms with E-state index in [1.54, 1.807) is 6.07 Å². The van der Waals surface area contributed by atoms with Crippen molar-refractivity contribution in [2.45, 2.75) is 20.8 Å². The first-order valence-corrected chi connectivity index (χ1v) is 6.90. The number of anilines is 2. The van der Waals surface area contributed by atoms with Crippen LogP contribution in [0.15, 0.2) is 18.3 Å². The second-order valence-electron chi connectivity index (χ2n) is 4.51. The Hall–Kier alpha value is -2.21. The number of hydrogen-bond donors (Lipinski definition) is 2. The zero-order valence-electron chi connectivity index (χ0n) is 12.1. The molecule has 1 amide bonds. The van der Waals surface area contributed by atoms with E-state index < -0.39 is 0 Å². The van der Waals surface area contributed by atoms with Gasteiger partial charge in [0.2, 0.25) is 5.95 Å². The van der Waals surface area contributed by atoms with Crippen LogP contribution in [0.4, 0.5) is 11.8 Å². The van der Waals surface area contributed by atoms with E-state index >= 15 is 0 Å². The third kappa shape index (κ3) is 3.88. The smallest absolute Gasteiger partial charge is 0.259 e. The van der Waals surface area contributed by atoms with Crippen LogP contribution >= 0.6 is 11.6 Å². The van der Waals surface area contributed by atoms with Crippen molar-refractivity contribution >= 4 is 29.3 Å². The average Bonchev–Trinajstić information content (AvgIpc) is 2.40. The molecule has 0 fully saturated rings. The monoisotopic (exact) mass is 305 g/mol. The Morgan fingerprint density at radius 2 is 1.90 bits per heavy atom. The van der Waals surface area contributed by atoms with Gasteiger partial charge >= 0.3 is 0 Å². The Balaban J connectivity index is 2.25. The fourth-order valence-electron chi connectivity index (χ4n) is 1.84. The molecular weight excluding hydrogens is 290 g/mol. The van der Waals surface area contributed by atoms with Crippen LogP contribution in [0.25, 0.3) is 0 Å². The lowest BCUT2D eigenvalue weighted by molar-refractivity contribution is 0.102. The molecule has 2 aromatic rings. The second-order valence-corrected chi connectivity index (χ2v) is 4.92. The van der Waals surface area contributed by atoms with E-state index in [4.69, 9.17) is 11.6 Å². The van der Waals surface area contributed by atoms with Crippen LogP contribution in [0.3, 0.4) is 0 Å². The fraction of sp³-hybridized carbons (Fsp3) is 0.286. The lowest BCUT2D eigenvalue weighted by Crippen LogP contribution is -2.16. The van der Waals surface area contributed by atoms with Crippen molar-refractivity contribution in [2.75, 3.05) is 17.2 Å². The molecule has 0 aliphatic carbocycles. The predicted octanol–water partition coefficient (Wildman–Crippen LogP) is 2.83. The molecule has 110 valence electrons. The van der Waals surface area contributed by atoms with E-state index in [2.05, 4.69) is 25.6 Å². The van der Waals surface area contributed by atoms with Crippen molar-refractivity contribution in [1.29, 1.82) is 0 Å². The molecule has 21 heavy (non-hydrogen) atoms. The van der Waals surface area contributed by atoms with Gasteiger partial charge < -0.3 is 5.32 Å². The largest absolute Gasteiger partial charge is 0.370 e. The lowest BCUT2D eigenvalue weighted by atomic mass is 10.2. The van der Waals surface area contributed by atoms with Crippen molar-refractivity contribution < 1.29 is 4.79 Å². The van der Waals surface area contributed by atoms with Gasteiger partial charge in [0.1, 0.15) is 5.82 Å². The van der Waals surface area contributed by atoms with Gasteiger partial charge in [0, 0.05) is 24.1 Å². The number of carbonyl (C=O) groups excluding carboxylic acids is 1. The molecule has 0 bridgehead atoms.